The second-order valence-corrected chi connectivity index (χ2v) is 9.86. The van der Waals surface area contributed by atoms with Gasteiger partial charge in [-0.1, -0.05) is 35.3 Å². The minimum atomic E-state index is -3.85. The highest BCUT2D eigenvalue weighted by Crippen LogP contribution is 2.45. The number of sulfonamides is 1. The van der Waals surface area contributed by atoms with Crippen molar-refractivity contribution in [2.75, 3.05) is 12.4 Å². The molecule has 3 aromatic rings. The van der Waals surface area contributed by atoms with Crippen molar-refractivity contribution in [3.05, 3.63) is 75.3 Å². The van der Waals surface area contributed by atoms with Gasteiger partial charge in [-0.3, -0.25) is 0 Å². The third-order valence-corrected chi connectivity index (χ3v) is 7.23. The fourth-order valence-electron chi connectivity index (χ4n) is 3.40. The van der Waals surface area contributed by atoms with Crippen molar-refractivity contribution in [3.8, 4) is 11.5 Å². The number of fused-ring (bicyclic) bond motifs is 2. The molecule has 0 fully saturated rings. The number of ether oxygens (including phenoxy) is 1. The van der Waals surface area contributed by atoms with E-state index < -0.39 is 16.0 Å². The molecule has 3 aromatic carbocycles. The number of nitrogens with one attached hydrogen (secondary N) is 2. The van der Waals surface area contributed by atoms with E-state index in [2.05, 4.69) is 10.0 Å². The SMILES string of the molecule is CNS(=O)(=O)c1cc2c(c(C(=O)O)c1)Nc1cc(CCc3ccc(Cl)c(Cl)c3)ccc1O2. The van der Waals surface area contributed by atoms with Gasteiger partial charge in [-0.25, -0.2) is 17.9 Å². The second-order valence-electron chi connectivity index (χ2n) is 7.16. The minimum Gasteiger partial charge on any atom is -0.478 e. The second kappa shape index (κ2) is 8.63. The Hall–Kier alpha value is -2.78. The van der Waals surface area contributed by atoms with Crippen LogP contribution < -0.4 is 14.8 Å². The molecule has 166 valence electrons. The molecule has 1 aliphatic rings. The first kappa shape index (κ1) is 22.4. The predicted molar refractivity (Wildman–Crippen MR) is 123 cm³/mol. The fraction of sp³-hybridized carbons (Fsp3) is 0.136. The van der Waals surface area contributed by atoms with Gasteiger partial charge in [-0.05, 0) is 61.3 Å². The number of halogens is 2. The molecule has 0 unspecified atom stereocenters. The molecule has 10 heteroatoms. The number of carboxylic acid groups (broad SMARTS) is 1. The molecule has 0 atom stereocenters. The zero-order chi connectivity index (χ0) is 23.0. The predicted octanol–water partition coefficient (Wildman–Crippen LogP) is 5.23. The molecule has 0 spiro atoms. The summed E-state index contributed by atoms with van der Waals surface area (Å²) in [6, 6.07) is 13.4. The van der Waals surface area contributed by atoms with Gasteiger partial charge in [-0.2, -0.15) is 0 Å². The van der Waals surface area contributed by atoms with E-state index in [0.29, 0.717) is 27.9 Å². The average molecular weight is 493 g/mol. The van der Waals surface area contributed by atoms with E-state index in [9.17, 15) is 18.3 Å². The Balaban J connectivity index is 1.62. The van der Waals surface area contributed by atoms with E-state index in [1.54, 1.807) is 12.1 Å². The number of hydrogen-bond acceptors (Lipinski definition) is 5. The third-order valence-electron chi connectivity index (χ3n) is 5.10. The van der Waals surface area contributed by atoms with E-state index in [0.717, 1.165) is 23.6 Å². The summed E-state index contributed by atoms with van der Waals surface area (Å²) in [6.07, 6.45) is 1.45. The first-order chi connectivity index (χ1) is 15.2. The number of rotatable bonds is 6. The van der Waals surface area contributed by atoms with Crippen molar-refractivity contribution in [2.24, 2.45) is 0 Å². The van der Waals surface area contributed by atoms with Gasteiger partial charge in [0, 0.05) is 6.07 Å². The highest BCUT2D eigenvalue weighted by atomic mass is 35.5. The molecular formula is C22H18Cl2N2O5S. The normalized spacial score (nSPS) is 12.3. The van der Waals surface area contributed by atoms with Crippen molar-refractivity contribution in [3.63, 3.8) is 0 Å². The molecule has 32 heavy (non-hydrogen) atoms. The van der Waals surface area contributed by atoms with Crippen LogP contribution in [0.15, 0.2) is 53.4 Å². The van der Waals surface area contributed by atoms with E-state index in [4.69, 9.17) is 27.9 Å². The quantitative estimate of drug-likeness (QED) is 0.340. The van der Waals surface area contributed by atoms with Crippen LogP contribution in [0.1, 0.15) is 21.5 Å². The highest BCUT2D eigenvalue weighted by molar-refractivity contribution is 7.89. The molecule has 0 bridgehead atoms. The Bertz CT molecular complexity index is 1340. The largest absolute Gasteiger partial charge is 0.478 e. The maximum Gasteiger partial charge on any atom is 0.338 e. The summed E-state index contributed by atoms with van der Waals surface area (Å²) in [6.45, 7) is 0. The van der Waals surface area contributed by atoms with Crippen LogP contribution in [-0.2, 0) is 22.9 Å². The summed E-state index contributed by atoms with van der Waals surface area (Å²) < 4.78 is 32.4. The lowest BCUT2D eigenvalue weighted by atomic mass is 10.0. The smallest absolute Gasteiger partial charge is 0.338 e. The van der Waals surface area contributed by atoms with Crippen LogP contribution in [0.25, 0.3) is 0 Å². The number of benzene rings is 3. The molecule has 3 N–H and O–H groups in total. The Morgan fingerprint density at radius 3 is 2.34 bits per heavy atom. The zero-order valence-corrected chi connectivity index (χ0v) is 19.1. The Morgan fingerprint density at radius 1 is 1.00 bits per heavy atom. The van der Waals surface area contributed by atoms with Crippen LogP contribution in [0, 0.1) is 0 Å². The van der Waals surface area contributed by atoms with Gasteiger partial charge in [0.2, 0.25) is 10.0 Å². The van der Waals surface area contributed by atoms with Crippen molar-refractivity contribution in [2.45, 2.75) is 17.7 Å². The van der Waals surface area contributed by atoms with Crippen LogP contribution in [0.5, 0.6) is 11.5 Å². The molecule has 0 amide bonds. The summed E-state index contributed by atoms with van der Waals surface area (Å²) in [5, 5.41) is 13.7. The molecule has 0 aliphatic carbocycles. The maximum absolute atomic E-state index is 12.2. The molecule has 0 saturated carbocycles. The summed E-state index contributed by atoms with van der Waals surface area (Å²) in [5.74, 6) is -0.689. The number of aryl methyl sites for hydroxylation is 2. The van der Waals surface area contributed by atoms with E-state index >= 15 is 0 Å². The lowest BCUT2D eigenvalue weighted by molar-refractivity contribution is 0.0697. The van der Waals surface area contributed by atoms with Gasteiger partial charge in [0.15, 0.2) is 11.5 Å². The van der Waals surface area contributed by atoms with Gasteiger partial charge >= 0.3 is 5.97 Å². The van der Waals surface area contributed by atoms with Crippen LogP contribution >= 0.6 is 23.2 Å². The van der Waals surface area contributed by atoms with Gasteiger partial charge in [0.05, 0.1) is 31.9 Å². The van der Waals surface area contributed by atoms with Gasteiger partial charge in [0.25, 0.3) is 0 Å². The zero-order valence-electron chi connectivity index (χ0n) is 16.8. The lowest BCUT2D eigenvalue weighted by Gasteiger charge is -2.24. The van der Waals surface area contributed by atoms with Crippen LogP contribution in [0.2, 0.25) is 10.0 Å². The summed E-state index contributed by atoms with van der Waals surface area (Å²) >= 11 is 12.0. The average Bonchev–Trinajstić information content (AvgIpc) is 2.77. The van der Waals surface area contributed by atoms with Gasteiger partial charge in [-0.15, -0.1) is 0 Å². The van der Waals surface area contributed by atoms with Crippen LogP contribution in [0.4, 0.5) is 11.4 Å². The number of carboxylic acids is 1. The topological polar surface area (TPSA) is 105 Å². The van der Waals surface area contributed by atoms with E-state index in [-0.39, 0.29) is 21.9 Å². The standard InChI is InChI=1S/C22H18Cl2N2O5S/c1-25-32(29,30)14-10-15(22(27)28)21-20(11-14)31-19-7-5-13(9-18(19)26-21)3-2-12-4-6-16(23)17(24)8-12/h4-11,25-26H,2-3H2,1H3,(H,27,28). The molecule has 4 rings (SSSR count). The van der Waals surface area contributed by atoms with E-state index in [1.807, 2.05) is 24.3 Å². The molecule has 0 aromatic heterocycles. The summed E-state index contributed by atoms with van der Waals surface area (Å²) in [4.78, 5) is 11.6. The van der Waals surface area contributed by atoms with Gasteiger partial charge in [0.1, 0.15) is 0 Å². The number of hydrogen-bond donors (Lipinski definition) is 3. The molecule has 1 heterocycles. The molecule has 7 nitrogen and oxygen atoms in total. The molecule has 1 aliphatic heterocycles. The Morgan fingerprint density at radius 2 is 1.69 bits per heavy atom. The fourth-order valence-corrected chi connectivity index (χ4v) is 4.49. The molecule has 0 saturated heterocycles. The van der Waals surface area contributed by atoms with E-state index in [1.165, 1.54) is 13.1 Å². The summed E-state index contributed by atoms with van der Waals surface area (Å²) in [5.41, 5.74) is 2.62. The molecule has 0 radical (unpaired) electrons. The Labute approximate surface area is 195 Å². The van der Waals surface area contributed by atoms with Crippen LogP contribution in [0.3, 0.4) is 0 Å². The lowest BCUT2D eigenvalue weighted by Crippen LogP contribution is -2.20. The van der Waals surface area contributed by atoms with Crippen molar-refractivity contribution in [1.29, 1.82) is 0 Å². The third kappa shape index (κ3) is 4.40. The van der Waals surface area contributed by atoms with Crippen molar-refractivity contribution in [1.82, 2.24) is 4.72 Å². The van der Waals surface area contributed by atoms with Crippen molar-refractivity contribution >= 4 is 50.6 Å². The molecular weight excluding hydrogens is 475 g/mol. The van der Waals surface area contributed by atoms with Crippen molar-refractivity contribution < 1.29 is 23.1 Å². The first-order valence-electron chi connectivity index (χ1n) is 9.54. The first-order valence-corrected chi connectivity index (χ1v) is 11.8. The number of aromatic carboxylic acids is 1. The Kier molecular flexibility index (Phi) is 6.05. The minimum absolute atomic E-state index is 0.120. The monoisotopic (exact) mass is 492 g/mol. The maximum atomic E-state index is 12.2. The number of carbonyl (C=O) groups is 1. The highest BCUT2D eigenvalue weighted by Gasteiger charge is 2.26. The number of anilines is 2. The van der Waals surface area contributed by atoms with Gasteiger partial charge < -0.3 is 15.2 Å². The van der Waals surface area contributed by atoms with Crippen LogP contribution in [-0.4, -0.2) is 26.5 Å². The summed E-state index contributed by atoms with van der Waals surface area (Å²) in [7, 11) is -2.60.